The largest absolute Gasteiger partial charge is 0.325 e. The molecule has 1 amide bonds. The van der Waals surface area contributed by atoms with Crippen LogP contribution in [0.5, 0.6) is 0 Å². The molecule has 0 radical (unpaired) electrons. The van der Waals surface area contributed by atoms with E-state index in [2.05, 4.69) is 21.2 Å². The molecule has 1 aliphatic heterocycles. The summed E-state index contributed by atoms with van der Waals surface area (Å²) in [4.78, 5) is 11.4. The van der Waals surface area contributed by atoms with Crippen molar-refractivity contribution in [2.24, 2.45) is 5.73 Å². The number of benzene rings is 2. The Morgan fingerprint density at radius 1 is 1.29 bits per heavy atom. The van der Waals surface area contributed by atoms with Crippen LogP contribution in [0.1, 0.15) is 22.7 Å². The summed E-state index contributed by atoms with van der Waals surface area (Å²) in [6.45, 7) is 0. The maximum absolute atomic E-state index is 14.0. The Balaban J connectivity index is 2.04. The second-order valence-corrected chi connectivity index (χ2v) is 6.22. The number of hydrogen-bond acceptors (Lipinski definition) is 2. The van der Waals surface area contributed by atoms with Crippen molar-refractivity contribution >= 4 is 39.1 Å². The van der Waals surface area contributed by atoms with Crippen LogP contribution in [0.15, 0.2) is 34.8 Å². The second kappa shape index (κ2) is 5.40. The number of halogens is 3. The van der Waals surface area contributed by atoms with Crippen molar-refractivity contribution in [2.75, 3.05) is 5.32 Å². The van der Waals surface area contributed by atoms with Gasteiger partial charge >= 0.3 is 0 Å². The molecule has 108 valence electrons. The third kappa shape index (κ3) is 2.69. The molecule has 0 fully saturated rings. The highest BCUT2D eigenvalue weighted by Gasteiger charge is 2.23. The zero-order valence-electron chi connectivity index (χ0n) is 10.8. The van der Waals surface area contributed by atoms with Crippen LogP contribution in [0.4, 0.5) is 10.1 Å². The molecule has 1 atom stereocenters. The molecule has 2 aromatic carbocycles. The van der Waals surface area contributed by atoms with Gasteiger partial charge in [0.15, 0.2) is 0 Å². The summed E-state index contributed by atoms with van der Waals surface area (Å²) in [5, 5.41) is 3.13. The SMILES string of the molecule is NC(c1ccc(Br)cc1F)c1cc2c(cc1Cl)NC(=O)C2. The molecule has 2 aromatic rings. The summed E-state index contributed by atoms with van der Waals surface area (Å²) in [5.41, 5.74) is 8.63. The lowest BCUT2D eigenvalue weighted by Crippen LogP contribution is -2.14. The van der Waals surface area contributed by atoms with E-state index < -0.39 is 11.9 Å². The minimum absolute atomic E-state index is 0.0818. The molecule has 3 rings (SSSR count). The highest BCUT2D eigenvalue weighted by atomic mass is 79.9. The average molecular weight is 370 g/mol. The fourth-order valence-electron chi connectivity index (χ4n) is 2.43. The normalized spacial score (nSPS) is 14.8. The van der Waals surface area contributed by atoms with Crippen LogP contribution in [0.3, 0.4) is 0 Å². The first-order chi connectivity index (χ1) is 9.95. The van der Waals surface area contributed by atoms with E-state index in [1.165, 1.54) is 6.07 Å². The molecule has 0 saturated carbocycles. The Morgan fingerprint density at radius 3 is 2.76 bits per heavy atom. The molecule has 0 spiro atoms. The predicted molar refractivity (Wildman–Crippen MR) is 83.9 cm³/mol. The van der Waals surface area contributed by atoms with Crippen molar-refractivity contribution < 1.29 is 9.18 Å². The van der Waals surface area contributed by atoms with E-state index in [4.69, 9.17) is 17.3 Å². The maximum atomic E-state index is 14.0. The van der Waals surface area contributed by atoms with Crippen LogP contribution >= 0.6 is 27.5 Å². The van der Waals surface area contributed by atoms with Gasteiger partial charge in [-0.25, -0.2) is 4.39 Å². The summed E-state index contributed by atoms with van der Waals surface area (Å²) in [7, 11) is 0. The molecular weight excluding hydrogens is 359 g/mol. The highest BCUT2D eigenvalue weighted by molar-refractivity contribution is 9.10. The maximum Gasteiger partial charge on any atom is 0.228 e. The van der Waals surface area contributed by atoms with Crippen molar-refractivity contribution in [1.82, 2.24) is 0 Å². The van der Waals surface area contributed by atoms with Crippen molar-refractivity contribution in [3.8, 4) is 0 Å². The summed E-state index contributed by atoms with van der Waals surface area (Å²) in [6, 6.07) is 7.45. The number of carbonyl (C=O) groups excluding carboxylic acids is 1. The van der Waals surface area contributed by atoms with E-state index in [1.54, 1.807) is 24.3 Å². The van der Waals surface area contributed by atoms with Crippen molar-refractivity contribution in [3.63, 3.8) is 0 Å². The Labute approximate surface area is 134 Å². The zero-order valence-corrected chi connectivity index (χ0v) is 13.1. The molecule has 0 saturated heterocycles. The minimum atomic E-state index is -0.688. The van der Waals surface area contributed by atoms with Crippen molar-refractivity contribution in [2.45, 2.75) is 12.5 Å². The number of hydrogen-bond donors (Lipinski definition) is 2. The van der Waals surface area contributed by atoms with Gasteiger partial charge in [-0.2, -0.15) is 0 Å². The fraction of sp³-hybridized carbons (Fsp3) is 0.133. The lowest BCUT2D eigenvalue weighted by atomic mass is 9.96. The van der Waals surface area contributed by atoms with E-state index in [-0.39, 0.29) is 12.3 Å². The van der Waals surface area contributed by atoms with Gasteiger partial charge < -0.3 is 11.1 Å². The molecule has 3 nitrogen and oxygen atoms in total. The summed E-state index contributed by atoms with van der Waals surface area (Å²) < 4.78 is 14.7. The van der Waals surface area contributed by atoms with E-state index in [0.29, 0.717) is 26.3 Å². The van der Waals surface area contributed by atoms with Gasteiger partial charge in [-0.1, -0.05) is 33.6 Å². The third-order valence-electron chi connectivity index (χ3n) is 3.48. The Hall–Kier alpha value is -1.43. The second-order valence-electron chi connectivity index (χ2n) is 4.90. The fourth-order valence-corrected chi connectivity index (χ4v) is 3.04. The smallest absolute Gasteiger partial charge is 0.228 e. The minimum Gasteiger partial charge on any atom is -0.325 e. The number of nitrogens with two attached hydrogens (primary N) is 1. The number of rotatable bonds is 2. The molecule has 0 bridgehead atoms. The van der Waals surface area contributed by atoms with Gasteiger partial charge in [0.05, 0.1) is 12.5 Å². The van der Waals surface area contributed by atoms with Crippen LogP contribution in [-0.4, -0.2) is 5.91 Å². The van der Waals surface area contributed by atoms with E-state index in [9.17, 15) is 9.18 Å². The van der Waals surface area contributed by atoms with Gasteiger partial charge in [0.1, 0.15) is 5.82 Å². The van der Waals surface area contributed by atoms with Gasteiger partial charge in [0, 0.05) is 20.7 Å². The topological polar surface area (TPSA) is 55.1 Å². The van der Waals surface area contributed by atoms with Gasteiger partial charge in [-0.05, 0) is 35.4 Å². The van der Waals surface area contributed by atoms with Gasteiger partial charge in [0.2, 0.25) is 5.91 Å². The Kier molecular flexibility index (Phi) is 3.73. The summed E-state index contributed by atoms with van der Waals surface area (Å²) in [6.07, 6.45) is 0.287. The van der Waals surface area contributed by atoms with Crippen LogP contribution in [0, 0.1) is 5.82 Å². The number of carbonyl (C=O) groups is 1. The van der Waals surface area contributed by atoms with Crippen molar-refractivity contribution in [1.29, 1.82) is 0 Å². The molecule has 3 N–H and O–H groups in total. The highest BCUT2D eigenvalue weighted by Crippen LogP contribution is 2.35. The van der Waals surface area contributed by atoms with Crippen LogP contribution in [0.2, 0.25) is 5.02 Å². The molecule has 1 heterocycles. The van der Waals surface area contributed by atoms with Crippen LogP contribution < -0.4 is 11.1 Å². The van der Waals surface area contributed by atoms with Gasteiger partial charge in [-0.3, -0.25) is 4.79 Å². The number of nitrogens with one attached hydrogen (secondary N) is 1. The third-order valence-corrected chi connectivity index (χ3v) is 4.30. The zero-order chi connectivity index (χ0) is 15.1. The lowest BCUT2D eigenvalue weighted by molar-refractivity contribution is -0.115. The first-order valence-corrected chi connectivity index (χ1v) is 7.45. The molecule has 0 aliphatic carbocycles. The van der Waals surface area contributed by atoms with Crippen molar-refractivity contribution in [3.05, 3.63) is 62.3 Å². The molecule has 1 unspecified atom stereocenters. The molecule has 0 aromatic heterocycles. The van der Waals surface area contributed by atoms with E-state index in [1.807, 2.05) is 0 Å². The Bertz CT molecular complexity index is 751. The summed E-state index contributed by atoms with van der Waals surface area (Å²) in [5.74, 6) is -0.482. The first kappa shape index (κ1) is 14.5. The average Bonchev–Trinajstić information content (AvgIpc) is 2.76. The first-order valence-electron chi connectivity index (χ1n) is 6.28. The number of anilines is 1. The summed E-state index contributed by atoms with van der Waals surface area (Å²) >= 11 is 9.43. The van der Waals surface area contributed by atoms with E-state index >= 15 is 0 Å². The molecule has 1 aliphatic rings. The van der Waals surface area contributed by atoms with Gasteiger partial charge in [-0.15, -0.1) is 0 Å². The van der Waals surface area contributed by atoms with Crippen LogP contribution in [0.25, 0.3) is 0 Å². The number of amides is 1. The predicted octanol–water partition coefficient (Wildman–Crippen LogP) is 3.78. The molecule has 6 heteroatoms. The Morgan fingerprint density at radius 2 is 2.05 bits per heavy atom. The number of fused-ring (bicyclic) bond motifs is 1. The molecule has 21 heavy (non-hydrogen) atoms. The molecular formula is C15H11BrClFN2O. The van der Waals surface area contributed by atoms with Gasteiger partial charge in [0.25, 0.3) is 0 Å². The lowest BCUT2D eigenvalue weighted by Gasteiger charge is -2.16. The van der Waals surface area contributed by atoms with Crippen LogP contribution in [-0.2, 0) is 11.2 Å². The monoisotopic (exact) mass is 368 g/mol. The van der Waals surface area contributed by atoms with E-state index in [0.717, 1.165) is 5.56 Å². The standard InChI is InChI=1S/C15H11BrClFN2O/c16-8-1-2-9(12(18)5-8)15(19)10-3-7-4-14(21)20-13(7)6-11(10)17/h1-3,5-6,15H,4,19H2,(H,20,21). The quantitative estimate of drug-likeness (QED) is 0.846.